The van der Waals surface area contributed by atoms with Crippen LogP contribution >= 0.6 is 0 Å². The lowest BCUT2D eigenvalue weighted by Crippen LogP contribution is -2.61. The number of aliphatic hydroxyl groups excluding tert-OH is 7. The monoisotopic (exact) mass is 949 g/mol. The number of unbranched alkanes of at least 4 members (excludes halogenated alkanes) is 28. The molecule has 11 atom stereocenters. The highest BCUT2D eigenvalue weighted by Gasteiger charge is 2.47. The molecule has 0 aromatic heterocycles. The third kappa shape index (κ3) is 27.0. The molecule has 15 heteroatoms. The molecule has 2 aliphatic rings. The maximum Gasteiger partial charge on any atom is 0.306 e. The number of esters is 2. The molecule has 0 aliphatic carbocycles. The minimum Gasteiger partial charge on any atom is -0.462 e. The fraction of sp³-hybridized carbons (Fsp3) is 0.961. The van der Waals surface area contributed by atoms with Crippen molar-refractivity contribution < 1.29 is 73.8 Å². The smallest absolute Gasteiger partial charge is 0.306 e. The number of hydrogen-bond donors (Lipinski definition) is 7. The first-order chi connectivity index (χ1) is 32.0. The molecule has 66 heavy (non-hydrogen) atoms. The minimum atomic E-state index is -1.76. The number of carbonyl (C=O) groups excluding carboxylic acids is 2. The van der Waals surface area contributed by atoms with E-state index in [9.17, 15) is 45.3 Å². The summed E-state index contributed by atoms with van der Waals surface area (Å²) in [7, 11) is 0. The Balaban J connectivity index is 1.79. The van der Waals surface area contributed by atoms with Crippen LogP contribution in [0.3, 0.4) is 0 Å². The first-order valence-corrected chi connectivity index (χ1v) is 26.6. The largest absolute Gasteiger partial charge is 0.462 e. The zero-order valence-electron chi connectivity index (χ0n) is 41.2. The summed E-state index contributed by atoms with van der Waals surface area (Å²) in [6.07, 6.45) is 19.8. The summed E-state index contributed by atoms with van der Waals surface area (Å²) in [5, 5.41) is 72.1. The molecule has 0 aromatic rings. The lowest BCUT2D eigenvalue weighted by molar-refractivity contribution is -0.332. The Labute approximate surface area is 398 Å². The van der Waals surface area contributed by atoms with Gasteiger partial charge in [-0.15, -0.1) is 0 Å². The third-order valence-corrected chi connectivity index (χ3v) is 13.1. The van der Waals surface area contributed by atoms with E-state index in [1.54, 1.807) is 0 Å². The van der Waals surface area contributed by atoms with Crippen molar-refractivity contribution in [2.45, 2.75) is 287 Å². The normalized spacial score (nSPS) is 26.1. The van der Waals surface area contributed by atoms with Gasteiger partial charge in [0.05, 0.1) is 19.8 Å². The highest BCUT2D eigenvalue weighted by atomic mass is 16.7. The molecule has 15 nitrogen and oxygen atoms in total. The molecule has 0 spiro atoms. The highest BCUT2D eigenvalue weighted by molar-refractivity contribution is 5.70. The SMILES string of the molecule is CCCCCCCCCCCCCCCCCC(=O)OC[C@H](CO[C@@H]1O[C@H](CO[C@@H]2O[C@H](CO)[C@H](O)[C@H](O)[C@H]2O)[C@H](O)[C@H](O)[C@H]1O)OC(=O)CCCCCCCCCCCCCCCCC. The predicted molar refractivity (Wildman–Crippen MR) is 252 cm³/mol. The van der Waals surface area contributed by atoms with E-state index in [1.165, 1.54) is 141 Å². The van der Waals surface area contributed by atoms with E-state index in [4.69, 9.17) is 28.4 Å². The summed E-state index contributed by atoms with van der Waals surface area (Å²) >= 11 is 0. The third-order valence-electron chi connectivity index (χ3n) is 13.1. The van der Waals surface area contributed by atoms with Gasteiger partial charge in [-0.05, 0) is 12.8 Å². The molecular formula is C51H96O15. The van der Waals surface area contributed by atoms with Crippen LogP contribution < -0.4 is 0 Å². The van der Waals surface area contributed by atoms with Gasteiger partial charge in [0, 0.05) is 12.8 Å². The Morgan fingerprint density at radius 2 is 0.773 bits per heavy atom. The van der Waals surface area contributed by atoms with Crippen molar-refractivity contribution in [3.05, 3.63) is 0 Å². The number of aliphatic hydroxyl groups is 7. The van der Waals surface area contributed by atoms with Gasteiger partial charge in [-0.25, -0.2) is 0 Å². The molecule has 0 unspecified atom stereocenters. The summed E-state index contributed by atoms with van der Waals surface area (Å²) in [4.78, 5) is 25.8. The van der Waals surface area contributed by atoms with Gasteiger partial charge in [0.15, 0.2) is 18.7 Å². The zero-order valence-corrected chi connectivity index (χ0v) is 41.2. The van der Waals surface area contributed by atoms with Crippen molar-refractivity contribution >= 4 is 11.9 Å². The lowest BCUT2D eigenvalue weighted by Gasteiger charge is -2.42. The number of rotatable bonds is 42. The van der Waals surface area contributed by atoms with Crippen LogP contribution in [0.5, 0.6) is 0 Å². The second kappa shape index (κ2) is 39.2. The van der Waals surface area contributed by atoms with Gasteiger partial charge in [-0.3, -0.25) is 9.59 Å². The Kier molecular flexibility index (Phi) is 36.0. The van der Waals surface area contributed by atoms with Crippen LogP contribution in [0.4, 0.5) is 0 Å². The summed E-state index contributed by atoms with van der Waals surface area (Å²) < 4.78 is 33.6. The molecule has 0 bridgehead atoms. The van der Waals surface area contributed by atoms with E-state index in [0.29, 0.717) is 12.8 Å². The van der Waals surface area contributed by atoms with Crippen LogP contribution in [0.1, 0.15) is 219 Å². The number of hydrogen-bond acceptors (Lipinski definition) is 15. The molecule has 2 fully saturated rings. The van der Waals surface area contributed by atoms with Crippen molar-refractivity contribution in [1.29, 1.82) is 0 Å². The summed E-state index contributed by atoms with van der Waals surface area (Å²) in [6.45, 7) is 2.63. The van der Waals surface area contributed by atoms with Gasteiger partial charge in [0.25, 0.3) is 0 Å². The van der Waals surface area contributed by atoms with Gasteiger partial charge in [0.1, 0.15) is 55.4 Å². The number of carbonyl (C=O) groups is 2. The average molecular weight is 949 g/mol. The molecule has 2 aliphatic heterocycles. The summed E-state index contributed by atoms with van der Waals surface area (Å²) in [5.41, 5.74) is 0. The molecule has 0 aromatic carbocycles. The van der Waals surface area contributed by atoms with E-state index >= 15 is 0 Å². The van der Waals surface area contributed by atoms with Gasteiger partial charge in [0.2, 0.25) is 0 Å². The maximum atomic E-state index is 13.0. The lowest BCUT2D eigenvalue weighted by atomic mass is 9.98. The zero-order chi connectivity index (χ0) is 48.2. The van der Waals surface area contributed by atoms with Crippen LogP contribution in [0.2, 0.25) is 0 Å². The first-order valence-electron chi connectivity index (χ1n) is 26.6. The van der Waals surface area contributed by atoms with Gasteiger partial charge >= 0.3 is 11.9 Å². The Bertz CT molecular complexity index is 1160. The van der Waals surface area contributed by atoms with Crippen LogP contribution in [-0.4, -0.2) is 142 Å². The molecule has 390 valence electrons. The van der Waals surface area contributed by atoms with E-state index in [1.807, 2.05) is 0 Å². The predicted octanol–water partition coefficient (Wildman–Crippen LogP) is 7.61. The van der Waals surface area contributed by atoms with Gasteiger partial charge in [-0.2, -0.15) is 0 Å². The molecule has 0 amide bonds. The van der Waals surface area contributed by atoms with Gasteiger partial charge in [-0.1, -0.05) is 194 Å². The molecule has 2 rings (SSSR count). The van der Waals surface area contributed by atoms with Crippen molar-refractivity contribution in [3.8, 4) is 0 Å². The van der Waals surface area contributed by atoms with Crippen LogP contribution in [0.15, 0.2) is 0 Å². The van der Waals surface area contributed by atoms with E-state index < -0.39 is 92.7 Å². The fourth-order valence-corrected chi connectivity index (χ4v) is 8.69. The van der Waals surface area contributed by atoms with Crippen molar-refractivity contribution in [1.82, 2.24) is 0 Å². The second-order valence-corrected chi connectivity index (χ2v) is 19.1. The van der Waals surface area contributed by atoms with E-state index in [0.717, 1.165) is 38.5 Å². The molecular weight excluding hydrogens is 853 g/mol. The number of ether oxygens (including phenoxy) is 6. The van der Waals surface area contributed by atoms with E-state index in [-0.39, 0.29) is 26.1 Å². The van der Waals surface area contributed by atoms with Crippen LogP contribution in [0.25, 0.3) is 0 Å². The Morgan fingerprint density at radius 1 is 0.424 bits per heavy atom. The average Bonchev–Trinajstić information content (AvgIpc) is 3.31. The van der Waals surface area contributed by atoms with Crippen LogP contribution in [0, 0.1) is 0 Å². The molecule has 0 radical (unpaired) electrons. The molecule has 7 N–H and O–H groups in total. The topological polar surface area (TPSA) is 231 Å². The van der Waals surface area contributed by atoms with Crippen molar-refractivity contribution in [2.24, 2.45) is 0 Å². The van der Waals surface area contributed by atoms with E-state index in [2.05, 4.69) is 13.8 Å². The van der Waals surface area contributed by atoms with Gasteiger partial charge < -0.3 is 64.2 Å². The first kappa shape index (κ1) is 60.6. The molecule has 2 saturated heterocycles. The quantitative estimate of drug-likeness (QED) is 0.0231. The Morgan fingerprint density at radius 3 is 1.18 bits per heavy atom. The van der Waals surface area contributed by atoms with Crippen molar-refractivity contribution in [2.75, 3.05) is 26.4 Å². The Hall–Kier alpha value is -1.50. The minimum absolute atomic E-state index is 0.173. The highest BCUT2D eigenvalue weighted by Crippen LogP contribution is 2.27. The molecule has 2 heterocycles. The fourth-order valence-electron chi connectivity index (χ4n) is 8.69. The summed E-state index contributed by atoms with van der Waals surface area (Å²) in [5.74, 6) is -0.908. The second-order valence-electron chi connectivity index (χ2n) is 19.1. The van der Waals surface area contributed by atoms with Crippen LogP contribution in [-0.2, 0) is 38.0 Å². The summed E-state index contributed by atoms with van der Waals surface area (Å²) in [6, 6.07) is 0. The molecule has 0 saturated carbocycles. The van der Waals surface area contributed by atoms with Crippen molar-refractivity contribution in [3.63, 3.8) is 0 Å². The standard InChI is InChI=1S/C51H96O15/c1-3-5-7-9-11-13-15-17-19-21-23-25-27-29-31-33-42(53)61-36-39(64-43(54)34-32-30-28-26-24-22-20-18-16-14-12-10-8-6-4-2)37-62-50-49(60)47(58)45(56)41(66-50)38-63-51-48(59)46(57)44(55)40(35-52)65-51/h39-41,44-52,55-60H,3-38H2,1-2H3/t39-,40-,41-,44+,45+,46+,47+,48-,49-,50-,51-/m1/s1. The maximum absolute atomic E-state index is 13.0.